The van der Waals surface area contributed by atoms with Crippen LogP contribution in [0, 0.1) is 0 Å². The molecule has 1 radical (unpaired) electrons. The van der Waals surface area contributed by atoms with Crippen LogP contribution in [0.1, 0.15) is 31.2 Å². The monoisotopic (exact) mass is 359 g/mol. The molecule has 0 atom stereocenters. The number of nitrogens with one attached hydrogen (secondary N) is 1. The number of benzene rings is 2. The van der Waals surface area contributed by atoms with Gasteiger partial charge in [-0.25, -0.2) is 0 Å². The standard InChI is InChI=1S/C12H15ClN.C6H6N.Co/c13-11-7-5-10(6-8-11)9-14-12-3-1-2-4-12;7-6-4-2-1-3-5-6;/h5-8,12H,1-4,9H2;1-5,7H;/q2*-1;+2. The predicted octanol–water partition coefficient (Wildman–Crippen LogP) is 6.52. The summed E-state index contributed by atoms with van der Waals surface area (Å²) in [6.07, 6.45) is 5.28. The third-order valence-electron chi connectivity index (χ3n) is 3.54. The van der Waals surface area contributed by atoms with Gasteiger partial charge in [0.1, 0.15) is 0 Å². The fraction of sp³-hybridized carbons (Fsp3) is 0.333. The maximum atomic E-state index is 7.00. The molecule has 0 aromatic heterocycles. The van der Waals surface area contributed by atoms with Gasteiger partial charge in [-0.1, -0.05) is 85.3 Å². The minimum atomic E-state index is 0. The van der Waals surface area contributed by atoms with E-state index in [9.17, 15) is 0 Å². The number of hydrogen-bond acceptors (Lipinski definition) is 0. The molecule has 4 heteroatoms. The van der Waals surface area contributed by atoms with Crippen LogP contribution in [0.4, 0.5) is 5.69 Å². The van der Waals surface area contributed by atoms with Gasteiger partial charge in [-0.3, -0.25) is 0 Å². The summed E-state index contributed by atoms with van der Waals surface area (Å²) < 4.78 is 0. The topological polar surface area (TPSA) is 37.9 Å². The zero-order valence-corrected chi connectivity index (χ0v) is 14.3. The van der Waals surface area contributed by atoms with Crippen molar-refractivity contribution in [3.05, 3.63) is 76.2 Å². The minimum Gasteiger partial charge on any atom is -0.699 e. The number of hydrogen-bond donors (Lipinski definition) is 0. The van der Waals surface area contributed by atoms with Crippen molar-refractivity contribution in [3.63, 3.8) is 0 Å². The fourth-order valence-corrected chi connectivity index (χ4v) is 2.48. The maximum Gasteiger partial charge on any atom is 2.00 e. The van der Waals surface area contributed by atoms with E-state index in [0.717, 1.165) is 11.6 Å². The van der Waals surface area contributed by atoms with Crippen LogP contribution in [-0.4, -0.2) is 6.04 Å². The van der Waals surface area contributed by atoms with Crippen molar-refractivity contribution in [1.29, 1.82) is 0 Å². The van der Waals surface area contributed by atoms with Gasteiger partial charge in [-0.2, -0.15) is 0 Å². The van der Waals surface area contributed by atoms with Crippen molar-refractivity contribution in [2.75, 3.05) is 0 Å². The Morgan fingerprint density at radius 3 is 2.05 bits per heavy atom. The molecule has 1 aliphatic rings. The molecule has 0 spiro atoms. The van der Waals surface area contributed by atoms with Gasteiger partial charge in [-0.15, -0.1) is 18.3 Å². The first-order valence-corrected chi connectivity index (χ1v) is 7.79. The molecule has 119 valence electrons. The molecule has 2 aromatic carbocycles. The summed E-state index contributed by atoms with van der Waals surface area (Å²) >= 11 is 5.81. The average Bonchev–Trinajstić information content (AvgIpc) is 3.02. The Morgan fingerprint density at radius 1 is 0.955 bits per heavy atom. The van der Waals surface area contributed by atoms with Crippen LogP contribution in [0.5, 0.6) is 0 Å². The van der Waals surface area contributed by atoms with E-state index in [0.29, 0.717) is 11.7 Å². The molecule has 0 bridgehead atoms. The molecule has 1 aliphatic carbocycles. The number of nitrogens with zero attached hydrogens (tertiary/aromatic N) is 1. The van der Waals surface area contributed by atoms with Gasteiger partial charge in [0.2, 0.25) is 0 Å². The van der Waals surface area contributed by atoms with Gasteiger partial charge in [-0.05, 0) is 12.1 Å². The number of halogens is 1. The van der Waals surface area contributed by atoms with Crippen LogP contribution >= 0.6 is 11.6 Å². The summed E-state index contributed by atoms with van der Waals surface area (Å²) in [5, 5.41) is 5.48. The summed E-state index contributed by atoms with van der Waals surface area (Å²) in [6, 6.07) is 17.7. The van der Waals surface area contributed by atoms with Crippen LogP contribution in [0.3, 0.4) is 0 Å². The summed E-state index contributed by atoms with van der Waals surface area (Å²) in [5.41, 5.74) is 8.83. The summed E-state index contributed by atoms with van der Waals surface area (Å²) in [4.78, 5) is 0. The van der Waals surface area contributed by atoms with E-state index in [1.54, 1.807) is 12.1 Å². The zero-order chi connectivity index (χ0) is 14.9. The molecule has 1 fully saturated rings. The third kappa shape index (κ3) is 7.32. The van der Waals surface area contributed by atoms with Crippen molar-refractivity contribution in [3.8, 4) is 0 Å². The molecule has 2 aromatic rings. The van der Waals surface area contributed by atoms with Crippen molar-refractivity contribution in [2.45, 2.75) is 38.3 Å². The molecule has 0 aliphatic heterocycles. The molecule has 2 nitrogen and oxygen atoms in total. The summed E-state index contributed by atoms with van der Waals surface area (Å²) in [6.45, 7) is 0.849. The molecular weight excluding hydrogens is 339 g/mol. The Kier molecular flexibility index (Phi) is 9.24. The van der Waals surface area contributed by atoms with Gasteiger partial charge in [0.15, 0.2) is 0 Å². The smallest absolute Gasteiger partial charge is 0.699 e. The zero-order valence-electron chi connectivity index (χ0n) is 12.5. The quantitative estimate of drug-likeness (QED) is 0.598. The van der Waals surface area contributed by atoms with Crippen LogP contribution in [-0.2, 0) is 23.3 Å². The predicted molar refractivity (Wildman–Crippen MR) is 91.2 cm³/mol. The molecule has 1 N–H and O–H groups in total. The van der Waals surface area contributed by atoms with E-state index in [4.69, 9.17) is 17.3 Å². The van der Waals surface area contributed by atoms with Crippen molar-refractivity contribution >= 4 is 17.3 Å². The Morgan fingerprint density at radius 2 is 1.55 bits per heavy atom. The van der Waals surface area contributed by atoms with E-state index in [2.05, 4.69) is 17.4 Å². The van der Waals surface area contributed by atoms with E-state index in [1.807, 2.05) is 30.3 Å². The summed E-state index contributed by atoms with van der Waals surface area (Å²) in [5.74, 6) is 0. The van der Waals surface area contributed by atoms with Crippen LogP contribution in [0.2, 0.25) is 5.02 Å². The minimum absolute atomic E-state index is 0. The molecular formula is C18H21ClCoN2. The third-order valence-corrected chi connectivity index (χ3v) is 3.80. The van der Waals surface area contributed by atoms with Gasteiger partial charge in [0, 0.05) is 5.02 Å². The van der Waals surface area contributed by atoms with Crippen LogP contribution in [0.25, 0.3) is 11.1 Å². The molecule has 22 heavy (non-hydrogen) atoms. The average molecular weight is 360 g/mol. The molecule has 0 saturated heterocycles. The molecule has 0 amide bonds. The van der Waals surface area contributed by atoms with Gasteiger partial charge < -0.3 is 11.1 Å². The Balaban J connectivity index is 0.000000258. The van der Waals surface area contributed by atoms with Gasteiger partial charge >= 0.3 is 16.8 Å². The van der Waals surface area contributed by atoms with Gasteiger partial charge in [0.05, 0.1) is 0 Å². The normalized spacial score (nSPS) is 13.9. The molecule has 1 saturated carbocycles. The second-order valence-corrected chi connectivity index (χ2v) is 5.71. The Hall–Kier alpha value is -1.00. The Bertz CT molecular complexity index is 510. The van der Waals surface area contributed by atoms with E-state index >= 15 is 0 Å². The molecule has 3 rings (SSSR count). The van der Waals surface area contributed by atoms with Crippen molar-refractivity contribution in [2.24, 2.45) is 0 Å². The first-order chi connectivity index (χ1) is 10.2. The van der Waals surface area contributed by atoms with Crippen LogP contribution < -0.4 is 0 Å². The first kappa shape index (κ1) is 19.0. The molecule has 0 heterocycles. The number of rotatable bonds is 3. The molecule has 0 unspecified atom stereocenters. The van der Waals surface area contributed by atoms with Gasteiger partial charge in [0.25, 0.3) is 0 Å². The summed E-state index contributed by atoms with van der Waals surface area (Å²) in [7, 11) is 0. The van der Waals surface area contributed by atoms with Crippen molar-refractivity contribution < 1.29 is 16.8 Å². The van der Waals surface area contributed by atoms with Crippen molar-refractivity contribution in [1.82, 2.24) is 0 Å². The van der Waals surface area contributed by atoms with E-state index < -0.39 is 0 Å². The largest absolute Gasteiger partial charge is 2.00 e. The Labute approximate surface area is 148 Å². The second kappa shape index (κ2) is 10.7. The SMILES string of the molecule is Clc1ccc(C[N-]C2CCCC2)cc1.[Co+2].[NH-]c1ccccc1. The maximum absolute atomic E-state index is 7.00. The van der Waals surface area contributed by atoms with E-state index in [-0.39, 0.29) is 16.8 Å². The van der Waals surface area contributed by atoms with Crippen LogP contribution in [0.15, 0.2) is 54.6 Å². The second-order valence-electron chi connectivity index (χ2n) is 5.27. The first-order valence-electron chi connectivity index (χ1n) is 7.42. The van der Waals surface area contributed by atoms with E-state index in [1.165, 1.54) is 31.2 Å². The fourth-order valence-electron chi connectivity index (χ4n) is 2.35.